The number of nitrogens with zero attached hydrogens (tertiary/aromatic N) is 3. The lowest BCUT2D eigenvalue weighted by atomic mass is 10.2. The number of thioether (sulfide) groups is 1. The fourth-order valence-electron chi connectivity index (χ4n) is 2.19. The fourth-order valence-corrected chi connectivity index (χ4v) is 4.05. The minimum absolute atomic E-state index is 0.0107. The van der Waals surface area contributed by atoms with E-state index in [2.05, 4.69) is 15.5 Å². The summed E-state index contributed by atoms with van der Waals surface area (Å²) in [6.45, 7) is 1.94. The highest BCUT2D eigenvalue weighted by Gasteiger charge is 2.13. The molecule has 0 radical (unpaired) electrons. The smallest absolute Gasteiger partial charge is 0.237 e. The van der Waals surface area contributed by atoms with Crippen LogP contribution in [0.25, 0.3) is 0 Å². The molecule has 0 aliphatic carbocycles. The number of hydrogen-bond acceptors (Lipinski definition) is 6. The molecule has 0 fully saturated rings. The second-order valence-electron chi connectivity index (χ2n) is 5.49. The Balaban J connectivity index is 1.58. The van der Waals surface area contributed by atoms with Gasteiger partial charge in [-0.1, -0.05) is 59.0 Å². The van der Waals surface area contributed by atoms with Crippen LogP contribution in [0, 0.1) is 6.92 Å². The Morgan fingerprint density at radius 2 is 1.96 bits per heavy atom. The molecule has 1 heterocycles. The van der Waals surface area contributed by atoms with Gasteiger partial charge in [0.05, 0.1) is 5.75 Å². The highest BCUT2D eigenvalue weighted by molar-refractivity contribution is 8.01. The molecule has 1 amide bonds. The zero-order valence-electron chi connectivity index (χ0n) is 14.3. The van der Waals surface area contributed by atoms with Gasteiger partial charge in [-0.2, -0.15) is 0 Å². The molecule has 8 heteroatoms. The van der Waals surface area contributed by atoms with Crippen molar-refractivity contribution < 1.29 is 4.79 Å². The molecule has 0 aliphatic heterocycles. The molecule has 134 valence electrons. The minimum atomic E-state index is 0.0107. The van der Waals surface area contributed by atoms with Crippen LogP contribution >= 0.6 is 34.7 Å². The van der Waals surface area contributed by atoms with Crippen LogP contribution in [0.15, 0.2) is 52.9 Å². The van der Waals surface area contributed by atoms with Gasteiger partial charge in [-0.25, -0.2) is 0 Å². The van der Waals surface area contributed by atoms with E-state index in [1.807, 2.05) is 55.5 Å². The maximum Gasteiger partial charge on any atom is 0.237 e. The summed E-state index contributed by atoms with van der Waals surface area (Å²) in [5, 5.41) is 12.9. The topological polar surface area (TPSA) is 58.1 Å². The van der Waals surface area contributed by atoms with E-state index in [9.17, 15) is 4.79 Å². The number of anilines is 3. The number of carbonyl (C=O) groups excluding carboxylic acids is 1. The largest absolute Gasteiger partial charge is 0.330 e. The van der Waals surface area contributed by atoms with Crippen LogP contribution in [-0.2, 0) is 4.79 Å². The van der Waals surface area contributed by atoms with Crippen LogP contribution in [0.1, 0.15) is 5.56 Å². The zero-order chi connectivity index (χ0) is 18.5. The highest BCUT2D eigenvalue weighted by atomic mass is 35.5. The summed E-state index contributed by atoms with van der Waals surface area (Å²) in [5.74, 6) is 0.313. The third kappa shape index (κ3) is 4.55. The standard InChI is InChI=1S/C18H17ClN4OS2/c1-12-14(19)9-6-10-15(12)20-17-21-22-18(26-17)25-11-16(24)23(2)13-7-4-3-5-8-13/h3-10H,11H2,1-2H3,(H,20,21). The van der Waals surface area contributed by atoms with E-state index in [-0.39, 0.29) is 5.91 Å². The first-order valence-electron chi connectivity index (χ1n) is 7.84. The van der Waals surface area contributed by atoms with E-state index in [0.717, 1.165) is 21.3 Å². The van der Waals surface area contributed by atoms with Crippen molar-refractivity contribution in [1.29, 1.82) is 0 Å². The van der Waals surface area contributed by atoms with Gasteiger partial charge in [0.1, 0.15) is 0 Å². The van der Waals surface area contributed by atoms with Gasteiger partial charge in [-0.3, -0.25) is 4.79 Å². The molecule has 26 heavy (non-hydrogen) atoms. The number of halogens is 1. The Bertz CT molecular complexity index is 901. The SMILES string of the molecule is Cc1c(Cl)cccc1Nc1nnc(SCC(=O)N(C)c2ccccc2)s1. The predicted octanol–water partition coefficient (Wildman–Crippen LogP) is 5.00. The number of aromatic nitrogens is 2. The molecule has 1 aromatic heterocycles. The zero-order valence-corrected chi connectivity index (χ0v) is 16.7. The molecular formula is C18H17ClN4OS2. The van der Waals surface area contributed by atoms with E-state index in [1.54, 1.807) is 11.9 Å². The fraction of sp³-hybridized carbons (Fsp3) is 0.167. The summed E-state index contributed by atoms with van der Waals surface area (Å²) >= 11 is 8.92. The van der Waals surface area contributed by atoms with E-state index >= 15 is 0 Å². The van der Waals surface area contributed by atoms with Crippen LogP contribution in [0.5, 0.6) is 0 Å². The first-order valence-corrected chi connectivity index (χ1v) is 10.0. The van der Waals surface area contributed by atoms with Gasteiger partial charge in [0.25, 0.3) is 0 Å². The minimum Gasteiger partial charge on any atom is -0.330 e. The van der Waals surface area contributed by atoms with Crippen LogP contribution in [-0.4, -0.2) is 28.9 Å². The lowest BCUT2D eigenvalue weighted by molar-refractivity contribution is -0.115. The van der Waals surface area contributed by atoms with Crippen molar-refractivity contribution in [2.24, 2.45) is 0 Å². The molecule has 0 unspecified atom stereocenters. The molecule has 3 aromatic rings. The van der Waals surface area contributed by atoms with E-state index < -0.39 is 0 Å². The lowest BCUT2D eigenvalue weighted by Gasteiger charge is -2.16. The van der Waals surface area contributed by atoms with Crippen LogP contribution in [0.3, 0.4) is 0 Å². The summed E-state index contributed by atoms with van der Waals surface area (Å²) in [6.07, 6.45) is 0. The Hall–Kier alpha value is -2.09. The maximum atomic E-state index is 12.3. The predicted molar refractivity (Wildman–Crippen MR) is 110 cm³/mol. The molecule has 0 atom stereocenters. The normalized spacial score (nSPS) is 10.6. The molecular weight excluding hydrogens is 388 g/mol. The average Bonchev–Trinajstić information content (AvgIpc) is 3.11. The van der Waals surface area contributed by atoms with Crippen molar-refractivity contribution in [2.45, 2.75) is 11.3 Å². The monoisotopic (exact) mass is 404 g/mol. The maximum absolute atomic E-state index is 12.3. The Labute approximate surface area is 165 Å². The Morgan fingerprint density at radius 3 is 2.73 bits per heavy atom. The van der Waals surface area contributed by atoms with E-state index in [0.29, 0.717) is 15.9 Å². The van der Waals surface area contributed by atoms with Gasteiger partial charge in [0.2, 0.25) is 11.0 Å². The van der Waals surface area contributed by atoms with E-state index in [1.165, 1.54) is 23.1 Å². The summed E-state index contributed by atoms with van der Waals surface area (Å²) in [4.78, 5) is 14.0. The number of carbonyl (C=O) groups is 1. The second kappa shape index (κ2) is 8.53. The molecule has 3 rings (SSSR count). The Kier molecular flexibility index (Phi) is 6.13. The van der Waals surface area contributed by atoms with Crippen LogP contribution in [0.4, 0.5) is 16.5 Å². The average molecular weight is 405 g/mol. The van der Waals surface area contributed by atoms with E-state index in [4.69, 9.17) is 11.6 Å². The first kappa shape index (κ1) is 18.7. The van der Waals surface area contributed by atoms with Crippen molar-refractivity contribution in [3.8, 4) is 0 Å². The summed E-state index contributed by atoms with van der Waals surface area (Å²) in [6, 6.07) is 15.2. The van der Waals surface area contributed by atoms with Crippen molar-refractivity contribution in [1.82, 2.24) is 10.2 Å². The van der Waals surface area contributed by atoms with Crippen molar-refractivity contribution in [3.05, 3.63) is 59.1 Å². The van der Waals surface area contributed by atoms with Gasteiger partial charge in [-0.15, -0.1) is 10.2 Å². The molecule has 0 aliphatic rings. The van der Waals surface area contributed by atoms with Crippen molar-refractivity contribution >= 4 is 57.1 Å². The Morgan fingerprint density at radius 1 is 1.19 bits per heavy atom. The van der Waals surface area contributed by atoms with Crippen LogP contribution < -0.4 is 10.2 Å². The highest BCUT2D eigenvalue weighted by Crippen LogP contribution is 2.30. The third-order valence-electron chi connectivity index (χ3n) is 3.75. The second-order valence-corrected chi connectivity index (χ2v) is 8.09. The van der Waals surface area contributed by atoms with Gasteiger partial charge < -0.3 is 10.2 Å². The molecule has 0 bridgehead atoms. The number of benzene rings is 2. The number of hydrogen-bond donors (Lipinski definition) is 1. The number of para-hydroxylation sites is 1. The number of nitrogens with one attached hydrogen (secondary N) is 1. The number of rotatable bonds is 6. The third-order valence-corrected chi connectivity index (χ3v) is 6.12. The van der Waals surface area contributed by atoms with Gasteiger partial charge >= 0.3 is 0 Å². The van der Waals surface area contributed by atoms with Gasteiger partial charge in [0, 0.05) is 23.4 Å². The molecule has 2 aromatic carbocycles. The van der Waals surface area contributed by atoms with Gasteiger partial charge in [-0.05, 0) is 36.8 Å². The summed E-state index contributed by atoms with van der Waals surface area (Å²) < 4.78 is 0.738. The van der Waals surface area contributed by atoms with Gasteiger partial charge in [0.15, 0.2) is 4.34 Å². The molecule has 0 saturated heterocycles. The number of amides is 1. The van der Waals surface area contributed by atoms with Crippen molar-refractivity contribution in [2.75, 3.05) is 23.0 Å². The summed E-state index contributed by atoms with van der Waals surface area (Å²) in [5.41, 5.74) is 2.72. The lowest BCUT2D eigenvalue weighted by Crippen LogP contribution is -2.27. The van der Waals surface area contributed by atoms with Crippen LogP contribution in [0.2, 0.25) is 5.02 Å². The summed E-state index contributed by atoms with van der Waals surface area (Å²) in [7, 11) is 1.77. The molecule has 0 spiro atoms. The quantitative estimate of drug-likeness (QED) is 0.586. The molecule has 1 N–H and O–H groups in total. The molecule has 5 nitrogen and oxygen atoms in total. The molecule has 0 saturated carbocycles. The first-order chi connectivity index (χ1) is 12.5. The van der Waals surface area contributed by atoms with Crippen molar-refractivity contribution in [3.63, 3.8) is 0 Å².